The van der Waals surface area contributed by atoms with Crippen LogP contribution < -0.4 is 0 Å². The van der Waals surface area contributed by atoms with E-state index in [1.807, 2.05) is 17.0 Å². The van der Waals surface area contributed by atoms with Crippen LogP contribution in [0.4, 0.5) is 0 Å². The Labute approximate surface area is 200 Å². The fraction of sp³-hybridized carbons (Fsp3) is 0.357. The van der Waals surface area contributed by atoms with Gasteiger partial charge in [-0.25, -0.2) is 0 Å². The zero-order valence-corrected chi connectivity index (χ0v) is 19.4. The summed E-state index contributed by atoms with van der Waals surface area (Å²) in [5.41, 5.74) is 3.10. The molecule has 2 amide bonds. The number of piperidine rings is 1. The molecule has 2 fully saturated rings. The molecule has 6 heteroatoms. The Morgan fingerprint density at radius 3 is 2.03 bits per heavy atom. The summed E-state index contributed by atoms with van der Waals surface area (Å²) >= 11 is 0. The van der Waals surface area contributed by atoms with Gasteiger partial charge >= 0.3 is 0 Å². The van der Waals surface area contributed by atoms with Crippen LogP contribution in [0.15, 0.2) is 83.7 Å². The van der Waals surface area contributed by atoms with Crippen molar-refractivity contribution in [2.24, 2.45) is 5.92 Å². The third-order valence-corrected chi connectivity index (χ3v) is 7.05. The second-order valence-corrected chi connectivity index (χ2v) is 9.19. The van der Waals surface area contributed by atoms with E-state index >= 15 is 0 Å². The highest BCUT2D eigenvalue weighted by Crippen LogP contribution is 2.30. The number of hydrogen-bond donors (Lipinski definition) is 0. The van der Waals surface area contributed by atoms with Crippen LogP contribution in [0.3, 0.4) is 0 Å². The van der Waals surface area contributed by atoms with Crippen molar-refractivity contribution in [3.8, 4) is 0 Å². The van der Waals surface area contributed by atoms with Gasteiger partial charge < -0.3 is 14.2 Å². The summed E-state index contributed by atoms with van der Waals surface area (Å²) in [5, 5.41) is 0. The van der Waals surface area contributed by atoms with Gasteiger partial charge in [-0.05, 0) is 30.0 Å². The predicted molar refractivity (Wildman–Crippen MR) is 130 cm³/mol. The summed E-state index contributed by atoms with van der Waals surface area (Å²) in [6.07, 6.45) is 4.68. The standard InChI is InChI=1S/C28H31N3O3/c32-27(24-12-7-14-31(20-24)28(33)25-13-19-34-21-25)30-17-15-29(16-18-30)26(22-8-3-1-4-9-22)23-10-5-2-6-11-23/h1-6,8-11,13,19,21,24,26H,7,12,14-18,20H2/t24-/m0/s1. The Bertz CT molecular complexity index is 1040. The van der Waals surface area contributed by atoms with Crippen LogP contribution in [0.25, 0.3) is 0 Å². The second kappa shape index (κ2) is 10.3. The molecule has 176 valence electrons. The first kappa shape index (κ1) is 22.4. The largest absolute Gasteiger partial charge is 0.472 e. The minimum atomic E-state index is -0.129. The topological polar surface area (TPSA) is 57.0 Å². The van der Waals surface area contributed by atoms with Crippen molar-refractivity contribution in [1.29, 1.82) is 0 Å². The maximum atomic E-state index is 13.4. The van der Waals surface area contributed by atoms with Gasteiger partial charge in [-0.2, -0.15) is 0 Å². The van der Waals surface area contributed by atoms with E-state index in [0.717, 1.165) is 25.9 Å². The van der Waals surface area contributed by atoms with E-state index in [1.165, 1.54) is 23.7 Å². The van der Waals surface area contributed by atoms with Gasteiger partial charge in [0.05, 0.1) is 23.8 Å². The number of benzene rings is 2. The van der Waals surface area contributed by atoms with E-state index in [-0.39, 0.29) is 23.8 Å². The van der Waals surface area contributed by atoms with Crippen molar-refractivity contribution in [1.82, 2.24) is 14.7 Å². The Balaban J connectivity index is 1.23. The van der Waals surface area contributed by atoms with Gasteiger partial charge in [0.25, 0.3) is 5.91 Å². The third-order valence-electron chi connectivity index (χ3n) is 7.05. The van der Waals surface area contributed by atoms with Crippen molar-refractivity contribution in [3.05, 3.63) is 95.9 Å². The monoisotopic (exact) mass is 457 g/mol. The molecule has 34 heavy (non-hydrogen) atoms. The number of rotatable bonds is 5. The molecule has 2 aliphatic heterocycles. The summed E-state index contributed by atoms with van der Waals surface area (Å²) in [7, 11) is 0. The molecule has 0 bridgehead atoms. The van der Waals surface area contributed by atoms with Crippen molar-refractivity contribution >= 4 is 11.8 Å². The first-order chi connectivity index (χ1) is 16.7. The molecule has 1 aromatic heterocycles. The SMILES string of the molecule is O=C(c1ccoc1)N1CCC[C@H](C(=O)N2CCN(C(c3ccccc3)c3ccccc3)CC2)C1. The Morgan fingerprint density at radius 1 is 0.794 bits per heavy atom. The van der Waals surface area contributed by atoms with Crippen molar-refractivity contribution in [2.45, 2.75) is 18.9 Å². The van der Waals surface area contributed by atoms with Gasteiger partial charge in [-0.15, -0.1) is 0 Å². The van der Waals surface area contributed by atoms with Crippen LogP contribution in [0.1, 0.15) is 40.4 Å². The Morgan fingerprint density at radius 2 is 1.44 bits per heavy atom. The molecule has 0 spiro atoms. The minimum absolute atomic E-state index is 0.0513. The van der Waals surface area contributed by atoms with E-state index in [2.05, 4.69) is 53.4 Å². The number of nitrogens with zero attached hydrogens (tertiary/aromatic N) is 3. The number of piperazine rings is 1. The Hall–Kier alpha value is -3.38. The zero-order chi connectivity index (χ0) is 23.3. The van der Waals surface area contributed by atoms with Crippen LogP contribution in [0, 0.1) is 5.92 Å². The molecule has 5 rings (SSSR count). The van der Waals surface area contributed by atoms with Crippen LogP contribution in [-0.2, 0) is 4.79 Å². The lowest BCUT2D eigenvalue weighted by molar-refractivity contribution is -0.139. The minimum Gasteiger partial charge on any atom is -0.472 e. The molecule has 1 atom stereocenters. The molecule has 0 radical (unpaired) electrons. The molecule has 2 aromatic carbocycles. The highest BCUT2D eigenvalue weighted by Gasteiger charge is 2.34. The van der Waals surface area contributed by atoms with Crippen LogP contribution in [-0.4, -0.2) is 65.8 Å². The summed E-state index contributed by atoms with van der Waals surface area (Å²) in [5.74, 6) is 0.000133. The van der Waals surface area contributed by atoms with E-state index in [4.69, 9.17) is 4.42 Å². The van der Waals surface area contributed by atoms with Gasteiger partial charge in [0.15, 0.2) is 0 Å². The summed E-state index contributed by atoms with van der Waals surface area (Å²) in [4.78, 5) is 32.4. The molecule has 2 saturated heterocycles. The maximum Gasteiger partial charge on any atom is 0.257 e. The van der Waals surface area contributed by atoms with Crippen LogP contribution >= 0.6 is 0 Å². The number of hydrogen-bond acceptors (Lipinski definition) is 4. The molecule has 0 N–H and O–H groups in total. The van der Waals surface area contributed by atoms with Crippen molar-refractivity contribution in [3.63, 3.8) is 0 Å². The van der Waals surface area contributed by atoms with Crippen molar-refractivity contribution < 1.29 is 14.0 Å². The summed E-state index contributed by atoms with van der Waals surface area (Å²) < 4.78 is 5.06. The maximum absolute atomic E-state index is 13.4. The predicted octanol–water partition coefficient (Wildman–Crippen LogP) is 4.07. The molecule has 3 aromatic rings. The fourth-order valence-corrected chi connectivity index (χ4v) is 5.28. The van der Waals surface area contributed by atoms with Gasteiger partial charge in [0.1, 0.15) is 6.26 Å². The average Bonchev–Trinajstić information content (AvgIpc) is 3.45. The first-order valence-corrected chi connectivity index (χ1v) is 12.1. The Kier molecular flexibility index (Phi) is 6.77. The number of carbonyl (C=O) groups is 2. The van der Waals surface area contributed by atoms with Crippen LogP contribution in [0.2, 0.25) is 0 Å². The second-order valence-electron chi connectivity index (χ2n) is 9.19. The smallest absolute Gasteiger partial charge is 0.257 e. The average molecular weight is 458 g/mol. The molecule has 2 aliphatic rings. The molecular weight excluding hydrogens is 426 g/mol. The first-order valence-electron chi connectivity index (χ1n) is 12.1. The quantitative estimate of drug-likeness (QED) is 0.580. The molecular formula is C28H31N3O3. The molecule has 0 aliphatic carbocycles. The number of amides is 2. The lowest BCUT2D eigenvalue weighted by Gasteiger charge is -2.42. The summed E-state index contributed by atoms with van der Waals surface area (Å²) in [6.45, 7) is 4.24. The lowest BCUT2D eigenvalue weighted by atomic mass is 9.94. The lowest BCUT2D eigenvalue weighted by Crippen LogP contribution is -2.53. The molecule has 0 saturated carbocycles. The van der Waals surface area contributed by atoms with Gasteiger partial charge in [-0.1, -0.05) is 60.7 Å². The normalized spacial score (nSPS) is 19.4. The molecule has 0 unspecified atom stereocenters. The van der Waals surface area contributed by atoms with E-state index in [9.17, 15) is 9.59 Å². The summed E-state index contributed by atoms with van der Waals surface area (Å²) in [6, 6.07) is 23.0. The van der Waals surface area contributed by atoms with Gasteiger partial charge in [0, 0.05) is 39.3 Å². The highest BCUT2D eigenvalue weighted by molar-refractivity contribution is 5.94. The van der Waals surface area contributed by atoms with Crippen LogP contribution in [0.5, 0.6) is 0 Å². The van der Waals surface area contributed by atoms with E-state index in [0.29, 0.717) is 31.7 Å². The zero-order valence-electron chi connectivity index (χ0n) is 19.4. The van der Waals surface area contributed by atoms with Crippen molar-refractivity contribution in [2.75, 3.05) is 39.3 Å². The number of carbonyl (C=O) groups excluding carboxylic acids is 2. The number of likely N-dealkylation sites (tertiary alicyclic amines) is 1. The third kappa shape index (κ3) is 4.77. The van der Waals surface area contributed by atoms with E-state index < -0.39 is 0 Å². The van der Waals surface area contributed by atoms with Gasteiger partial charge in [0.2, 0.25) is 5.91 Å². The van der Waals surface area contributed by atoms with E-state index in [1.54, 1.807) is 11.0 Å². The van der Waals surface area contributed by atoms with Gasteiger partial charge in [-0.3, -0.25) is 14.5 Å². The molecule has 3 heterocycles. The fourth-order valence-electron chi connectivity index (χ4n) is 5.28. The highest BCUT2D eigenvalue weighted by atomic mass is 16.3. The molecule has 6 nitrogen and oxygen atoms in total. The number of furan rings is 1.